The number of ether oxygens (including phenoxy) is 1. The van der Waals surface area contributed by atoms with Gasteiger partial charge in [-0.25, -0.2) is 0 Å². The maximum atomic E-state index is 12.1. The van der Waals surface area contributed by atoms with Crippen LogP contribution in [0.1, 0.15) is 11.6 Å². The molecule has 3 nitrogen and oxygen atoms in total. The highest BCUT2D eigenvalue weighted by molar-refractivity contribution is 5.57. The van der Waals surface area contributed by atoms with Gasteiger partial charge < -0.3 is 9.64 Å². The molecule has 1 aliphatic heterocycles. The van der Waals surface area contributed by atoms with Gasteiger partial charge in [-0.3, -0.25) is 4.98 Å². The molecule has 0 bridgehead atoms. The summed E-state index contributed by atoms with van der Waals surface area (Å²) < 4.78 is 40.0. The van der Waals surface area contributed by atoms with Gasteiger partial charge in [-0.05, 0) is 42.0 Å². The van der Waals surface area contributed by atoms with Gasteiger partial charge in [-0.1, -0.05) is 0 Å². The highest BCUT2D eigenvalue weighted by Crippen LogP contribution is 2.40. The topological polar surface area (TPSA) is 25.1 Å². The number of hydrogen-bond acceptors (Lipinski definition) is 3. The van der Waals surface area contributed by atoms with Crippen molar-refractivity contribution in [3.8, 4) is 5.75 Å². The molecule has 1 atom stereocenters. The van der Waals surface area contributed by atoms with Gasteiger partial charge in [-0.2, -0.15) is 0 Å². The Morgan fingerprint density at radius 3 is 2.30 bits per heavy atom. The molecule has 0 N–H and O–H groups in total. The molecule has 0 amide bonds. The number of halogens is 3. The largest absolute Gasteiger partial charge is 0.573 e. The molecule has 1 aliphatic rings. The summed E-state index contributed by atoms with van der Waals surface area (Å²) >= 11 is 0. The summed E-state index contributed by atoms with van der Waals surface area (Å²) in [5, 5.41) is 0. The maximum Gasteiger partial charge on any atom is 0.573 e. The van der Waals surface area contributed by atoms with Crippen LogP contribution in [0, 0.1) is 0 Å². The van der Waals surface area contributed by atoms with Crippen molar-refractivity contribution in [2.24, 2.45) is 0 Å². The lowest BCUT2D eigenvalue weighted by Crippen LogP contribution is -2.17. The summed E-state index contributed by atoms with van der Waals surface area (Å²) in [6.45, 7) is 0.851. The zero-order valence-corrected chi connectivity index (χ0v) is 10.3. The van der Waals surface area contributed by atoms with Crippen LogP contribution in [0.15, 0.2) is 48.8 Å². The molecule has 0 unspecified atom stereocenters. The summed E-state index contributed by atoms with van der Waals surface area (Å²) in [6, 6.07) is 10.0. The zero-order valence-electron chi connectivity index (χ0n) is 10.3. The monoisotopic (exact) mass is 280 g/mol. The van der Waals surface area contributed by atoms with E-state index in [0.717, 1.165) is 17.8 Å². The lowest BCUT2D eigenvalue weighted by Gasteiger charge is -2.10. The van der Waals surface area contributed by atoms with Crippen LogP contribution in [0.4, 0.5) is 18.9 Å². The fourth-order valence-corrected chi connectivity index (χ4v) is 2.13. The van der Waals surface area contributed by atoms with Crippen LogP contribution in [-0.2, 0) is 0 Å². The van der Waals surface area contributed by atoms with Crippen molar-refractivity contribution < 1.29 is 17.9 Å². The van der Waals surface area contributed by atoms with Crippen LogP contribution >= 0.6 is 0 Å². The molecule has 0 saturated carbocycles. The van der Waals surface area contributed by atoms with Crippen LogP contribution in [0.25, 0.3) is 0 Å². The van der Waals surface area contributed by atoms with E-state index in [1.54, 1.807) is 24.5 Å². The minimum Gasteiger partial charge on any atom is -0.406 e. The van der Waals surface area contributed by atoms with E-state index in [0.29, 0.717) is 0 Å². The normalized spacial score (nSPS) is 17.9. The van der Waals surface area contributed by atoms with Crippen molar-refractivity contribution in [3.63, 3.8) is 0 Å². The van der Waals surface area contributed by atoms with E-state index < -0.39 is 6.36 Å². The van der Waals surface area contributed by atoms with Crippen LogP contribution in [-0.4, -0.2) is 17.9 Å². The first kappa shape index (κ1) is 12.8. The fraction of sp³-hybridized carbons (Fsp3) is 0.214. The van der Waals surface area contributed by atoms with E-state index in [1.807, 2.05) is 12.1 Å². The summed E-state index contributed by atoms with van der Waals surface area (Å²) in [5.41, 5.74) is 2.02. The molecule has 104 valence electrons. The summed E-state index contributed by atoms with van der Waals surface area (Å²) in [4.78, 5) is 6.05. The van der Waals surface area contributed by atoms with E-state index >= 15 is 0 Å². The molecular weight excluding hydrogens is 269 g/mol. The van der Waals surface area contributed by atoms with Gasteiger partial charge in [-0.15, -0.1) is 13.2 Å². The van der Waals surface area contributed by atoms with E-state index in [1.165, 1.54) is 12.1 Å². The lowest BCUT2D eigenvalue weighted by atomic mass is 10.2. The van der Waals surface area contributed by atoms with Crippen molar-refractivity contribution >= 4 is 5.69 Å². The molecule has 0 spiro atoms. The Hall–Kier alpha value is -2.24. The lowest BCUT2D eigenvalue weighted by molar-refractivity contribution is -0.274. The average Bonchev–Trinajstić information content (AvgIpc) is 3.19. The number of nitrogens with zero attached hydrogens (tertiary/aromatic N) is 2. The first-order chi connectivity index (χ1) is 9.53. The van der Waals surface area contributed by atoms with Crippen LogP contribution in [0.2, 0.25) is 0 Å². The average molecular weight is 280 g/mol. The molecule has 1 fully saturated rings. The molecular formula is C14H11F3N2O. The summed E-state index contributed by atoms with van der Waals surface area (Å²) in [6.07, 6.45) is -1.20. The van der Waals surface area contributed by atoms with Gasteiger partial charge in [0, 0.05) is 24.6 Å². The number of pyridine rings is 1. The fourth-order valence-electron chi connectivity index (χ4n) is 2.13. The van der Waals surface area contributed by atoms with Gasteiger partial charge >= 0.3 is 6.36 Å². The zero-order chi connectivity index (χ0) is 14.2. The SMILES string of the molecule is FC(F)(F)Oc1ccc(N2C[C@H]2c2ccncc2)cc1. The van der Waals surface area contributed by atoms with E-state index in [2.05, 4.69) is 14.6 Å². The van der Waals surface area contributed by atoms with Crippen LogP contribution in [0.3, 0.4) is 0 Å². The molecule has 6 heteroatoms. The standard InChI is InChI=1S/C14H11F3N2O/c15-14(16,17)20-12-3-1-11(2-4-12)19-9-13(19)10-5-7-18-8-6-10/h1-8,13H,9H2/t13-,19?/m0/s1. The highest BCUT2D eigenvalue weighted by atomic mass is 19.4. The van der Waals surface area contributed by atoms with E-state index in [-0.39, 0.29) is 11.8 Å². The van der Waals surface area contributed by atoms with Crippen molar-refractivity contribution in [2.45, 2.75) is 12.4 Å². The smallest absolute Gasteiger partial charge is 0.406 e. The summed E-state index contributed by atoms with van der Waals surface area (Å²) in [7, 11) is 0. The van der Waals surface area contributed by atoms with Gasteiger partial charge in [0.25, 0.3) is 0 Å². The van der Waals surface area contributed by atoms with Gasteiger partial charge in [0.15, 0.2) is 0 Å². The second-order valence-electron chi connectivity index (χ2n) is 4.49. The first-order valence-electron chi connectivity index (χ1n) is 6.05. The van der Waals surface area contributed by atoms with Gasteiger partial charge in [0.05, 0.1) is 6.04 Å². The first-order valence-corrected chi connectivity index (χ1v) is 6.05. The van der Waals surface area contributed by atoms with Gasteiger partial charge in [0.1, 0.15) is 5.75 Å². The predicted octanol–water partition coefficient (Wildman–Crippen LogP) is 3.54. The Morgan fingerprint density at radius 1 is 1.05 bits per heavy atom. The molecule has 1 aromatic carbocycles. The van der Waals surface area contributed by atoms with Crippen LogP contribution in [0.5, 0.6) is 5.75 Å². The van der Waals surface area contributed by atoms with E-state index in [4.69, 9.17) is 0 Å². The van der Waals surface area contributed by atoms with Gasteiger partial charge in [0.2, 0.25) is 0 Å². The Bertz CT molecular complexity index is 584. The van der Waals surface area contributed by atoms with Crippen molar-refractivity contribution in [1.29, 1.82) is 0 Å². The second kappa shape index (κ2) is 4.70. The number of anilines is 1. The Labute approximate surface area is 113 Å². The Morgan fingerprint density at radius 2 is 1.70 bits per heavy atom. The molecule has 2 aromatic rings. The highest BCUT2D eigenvalue weighted by Gasteiger charge is 2.36. The third-order valence-corrected chi connectivity index (χ3v) is 3.11. The molecule has 0 aliphatic carbocycles. The minimum atomic E-state index is -4.65. The van der Waals surface area contributed by atoms with E-state index in [9.17, 15) is 13.2 Å². The molecule has 1 aromatic heterocycles. The quantitative estimate of drug-likeness (QED) is 0.804. The number of aromatic nitrogens is 1. The predicted molar refractivity (Wildman–Crippen MR) is 67.4 cm³/mol. The number of hydrogen-bond donors (Lipinski definition) is 0. The number of benzene rings is 1. The maximum absolute atomic E-state index is 12.1. The van der Waals surface area contributed by atoms with Crippen molar-refractivity contribution in [2.75, 3.05) is 11.4 Å². The summed E-state index contributed by atoms with van der Waals surface area (Å²) in [5.74, 6) is -0.205. The molecule has 2 heterocycles. The molecule has 1 saturated heterocycles. The second-order valence-corrected chi connectivity index (χ2v) is 4.49. The minimum absolute atomic E-state index is 0.205. The van der Waals surface area contributed by atoms with Crippen LogP contribution < -0.4 is 9.64 Å². The third kappa shape index (κ3) is 2.84. The number of alkyl halides is 3. The van der Waals surface area contributed by atoms with Crippen molar-refractivity contribution in [1.82, 2.24) is 4.98 Å². The van der Waals surface area contributed by atoms with Crippen molar-refractivity contribution in [3.05, 3.63) is 54.4 Å². The molecule has 3 rings (SSSR count). The Kier molecular flexibility index (Phi) is 3.00. The third-order valence-electron chi connectivity index (χ3n) is 3.11. The Balaban J connectivity index is 1.68. The number of rotatable bonds is 3. The molecule has 20 heavy (non-hydrogen) atoms. The molecule has 0 radical (unpaired) electrons.